The Kier molecular flexibility index (Phi) is 5.25. The van der Waals surface area contributed by atoms with E-state index in [0.29, 0.717) is 25.3 Å². The standard InChI is InChI=1S/C16H21FN2O2S/c17-12-6-13(19(9-12)10-16-2-1-5-22-16)7-18-8-14-3-4-15(11-20)21-14/h1-5,12-13,18,20H,6-11H2/t12-,13-/m0/s1. The number of thiophene rings is 1. The minimum absolute atomic E-state index is 0.0826. The monoisotopic (exact) mass is 324 g/mol. The summed E-state index contributed by atoms with van der Waals surface area (Å²) in [5.41, 5.74) is 0. The highest BCUT2D eigenvalue weighted by atomic mass is 32.1. The molecular formula is C16H21FN2O2S. The third-order valence-electron chi connectivity index (χ3n) is 3.97. The molecular weight excluding hydrogens is 303 g/mol. The molecule has 0 spiro atoms. The number of rotatable bonds is 7. The Hall–Kier alpha value is -1.21. The van der Waals surface area contributed by atoms with Gasteiger partial charge in [0.05, 0.1) is 6.54 Å². The van der Waals surface area contributed by atoms with Crippen LogP contribution in [0.3, 0.4) is 0 Å². The highest BCUT2D eigenvalue weighted by Gasteiger charge is 2.31. The Balaban J connectivity index is 1.49. The van der Waals surface area contributed by atoms with Crippen molar-refractivity contribution in [1.29, 1.82) is 0 Å². The number of nitrogens with zero attached hydrogens (tertiary/aromatic N) is 1. The SMILES string of the molecule is OCc1ccc(CNC[C@@H]2C[C@H](F)CN2Cc2cccs2)o1. The molecule has 0 aromatic carbocycles. The molecule has 22 heavy (non-hydrogen) atoms. The fourth-order valence-electron chi connectivity index (χ4n) is 2.90. The molecule has 2 aromatic rings. The molecule has 1 aliphatic heterocycles. The lowest BCUT2D eigenvalue weighted by atomic mass is 10.2. The first-order valence-electron chi connectivity index (χ1n) is 7.54. The molecule has 3 heterocycles. The number of hydrogen-bond acceptors (Lipinski definition) is 5. The third-order valence-corrected chi connectivity index (χ3v) is 4.83. The van der Waals surface area contributed by atoms with Crippen LogP contribution in [0.1, 0.15) is 22.8 Å². The van der Waals surface area contributed by atoms with Crippen molar-refractivity contribution in [1.82, 2.24) is 10.2 Å². The van der Waals surface area contributed by atoms with Gasteiger partial charge in [-0.2, -0.15) is 0 Å². The third kappa shape index (κ3) is 3.95. The first-order chi connectivity index (χ1) is 10.7. The Morgan fingerprint density at radius 2 is 2.23 bits per heavy atom. The van der Waals surface area contributed by atoms with Crippen LogP contribution in [0.4, 0.5) is 4.39 Å². The van der Waals surface area contributed by atoms with E-state index in [0.717, 1.165) is 18.8 Å². The van der Waals surface area contributed by atoms with Crippen LogP contribution in [-0.4, -0.2) is 35.3 Å². The maximum absolute atomic E-state index is 13.7. The van der Waals surface area contributed by atoms with Gasteiger partial charge in [0, 0.05) is 30.6 Å². The lowest BCUT2D eigenvalue weighted by Gasteiger charge is -2.23. The number of halogens is 1. The summed E-state index contributed by atoms with van der Waals surface area (Å²) in [6.07, 6.45) is -0.158. The molecule has 4 nitrogen and oxygen atoms in total. The zero-order chi connectivity index (χ0) is 15.4. The number of aliphatic hydroxyl groups is 1. The van der Waals surface area contributed by atoms with Crippen LogP contribution < -0.4 is 5.32 Å². The predicted octanol–water partition coefficient (Wildman–Crippen LogP) is 2.54. The van der Waals surface area contributed by atoms with Gasteiger partial charge in [0.15, 0.2) is 0 Å². The van der Waals surface area contributed by atoms with Crippen LogP contribution in [0.2, 0.25) is 0 Å². The molecule has 0 saturated carbocycles. The Labute approximate surface area is 133 Å². The van der Waals surface area contributed by atoms with Crippen molar-refractivity contribution < 1.29 is 13.9 Å². The topological polar surface area (TPSA) is 48.6 Å². The maximum Gasteiger partial charge on any atom is 0.129 e. The second-order valence-electron chi connectivity index (χ2n) is 5.65. The van der Waals surface area contributed by atoms with Gasteiger partial charge in [-0.05, 0) is 30.0 Å². The van der Waals surface area contributed by atoms with Gasteiger partial charge < -0.3 is 14.8 Å². The fourth-order valence-corrected chi connectivity index (χ4v) is 3.62. The average Bonchev–Trinajstić information content (AvgIpc) is 3.22. The number of furan rings is 1. The summed E-state index contributed by atoms with van der Waals surface area (Å²) in [6, 6.07) is 7.97. The fraction of sp³-hybridized carbons (Fsp3) is 0.500. The molecule has 1 saturated heterocycles. The van der Waals surface area contributed by atoms with Crippen molar-refractivity contribution in [2.75, 3.05) is 13.1 Å². The summed E-state index contributed by atoms with van der Waals surface area (Å²) in [4.78, 5) is 3.49. The van der Waals surface area contributed by atoms with Crippen LogP contribution in [0, 0.1) is 0 Å². The first kappa shape index (κ1) is 15.7. The zero-order valence-corrected chi connectivity index (χ0v) is 13.2. The van der Waals surface area contributed by atoms with E-state index < -0.39 is 6.17 Å². The van der Waals surface area contributed by atoms with Crippen LogP contribution in [0.15, 0.2) is 34.1 Å². The summed E-state index contributed by atoms with van der Waals surface area (Å²) >= 11 is 1.72. The van der Waals surface area contributed by atoms with Gasteiger partial charge in [-0.3, -0.25) is 4.90 Å². The van der Waals surface area contributed by atoms with E-state index in [9.17, 15) is 4.39 Å². The van der Waals surface area contributed by atoms with Crippen LogP contribution >= 0.6 is 11.3 Å². The van der Waals surface area contributed by atoms with E-state index in [-0.39, 0.29) is 12.6 Å². The largest absolute Gasteiger partial charge is 0.462 e. The van der Waals surface area contributed by atoms with E-state index in [1.165, 1.54) is 4.88 Å². The minimum atomic E-state index is -0.739. The number of aliphatic hydroxyl groups excluding tert-OH is 1. The van der Waals surface area contributed by atoms with Crippen molar-refractivity contribution in [2.24, 2.45) is 0 Å². The van der Waals surface area contributed by atoms with Crippen molar-refractivity contribution in [2.45, 2.75) is 38.3 Å². The molecule has 1 fully saturated rings. The first-order valence-corrected chi connectivity index (χ1v) is 8.42. The molecule has 1 aliphatic rings. The van der Waals surface area contributed by atoms with Crippen LogP contribution in [0.25, 0.3) is 0 Å². The van der Waals surface area contributed by atoms with Gasteiger partial charge in [-0.15, -0.1) is 11.3 Å². The van der Waals surface area contributed by atoms with Crippen LogP contribution in [0.5, 0.6) is 0 Å². The Morgan fingerprint density at radius 1 is 1.36 bits per heavy atom. The maximum atomic E-state index is 13.7. The molecule has 120 valence electrons. The summed E-state index contributed by atoms with van der Waals surface area (Å²) in [5.74, 6) is 1.37. The van der Waals surface area contributed by atoms with E-state index in [1.807, 2.05) is 12.1 Å². The quantitative estimate of drug-likeness (QED) is 0.822. The van der Waals surface area contributed by atoms with E-state index in [2.05, 4.69) is 21.7 Å². The Bertz CT molecular complexity index is 572. The molecule has 3 rings (SSSR count). The normalized spacial score (nSPS) is 22.5. The van der Waals surface area contributed by atoms with Crippen molar-refractivity contribution in [3.8, 4) is 0 Å². The molecule has 2 atom stereocenters. The van der Waals surface area contributed by atoms with E-state index >= 15 is 0 Å². The molecule has 2 N–H and O–H groups in total. The highest BCUT2D eigenvalue weighted by Crippen LogP contribution is 2.24. The molecule has 6 heteroatoms. The van der Waals surface area contributed by atoms with Gasteiger partial charge >= 0.3 is 0 Å². The van der Waals surface area contributed by atoms with Gasteiger partial charge in [0.25, 0.3) is 0 Å². The smallest absolute Gasteiger partial charge is 0.129 e. The molecule has 0 aliphatic carbocycles. The summed E-state index contributed by atoms with van der Waals surface area (Å²) in [6.45, 7) is 2.58. The average molecular weight is 324 g/mol. The van der Waals surface area contributed by atoms with Crippen molar-refractivity contribution >= 4 is 11.3 Å². The predicted molar refractivity (Wildman–Crippen MR) is 84.4 cm³/mol. The van der Waals surface area contributed by atoms with E-state index in [4.69, 9.17) is 9.52 Å². The lowest BCUT2D eigenvalue weighted by Crippen LogP contribution is -2.37. The number of likely N-dealkylation sites (tertiary alicyclic amines) is 1. The van der Waals surface area contributed by atoms with E-state index in [1.54, 1.807) is 17.4 Å². The van der Waals surface area contributed by atoms with Crippen molar-refractivity contribution in [3.63, 3.8) is 0 Å². The number of hydrogen-bond donors (Lipinski definition) is 2. The molecule has 0 amide bonds. The summed E-state index contributed by atoms with van der Waals surface area (Å²) in [5, 5.41) is 14.4. The molecule has 2 aromatic heterocycles. The number of nitrogens with one attached hydrogen (secondary N) is 1. The van der Waals surface area contributed by atoms with Gasteiger partial charge in [-0.1, -0.05) is 6.07 Å². The van der Waals surface area contributed by atoms with Gasteiger partial charge in [-0.25, -0.2) is 4.39 Å². The second kappa shape index (κ2) is 7.37. The lowest BCUT2D eigenvalue weighted by molar-refractivity contribution is 0.228. The minimum Gasteiger partial charge on any atom is -0.462 e. The van der Waals surface area contributed by atoms with Crippen molar-refractivity contribution in [3.05, 3.63) is 46.0 Å². The zero-order valence-electron chi connectivity index (χ0n) is 12.4. The highest BCUT2D eigenvalue weighted by molar-refractivity contribution is 7.09. The van der Waals surface area contributed by atoms with Gasteiger partial charge in [0.2, 0.25) is 0 Å². The number of alkyl halides is 1. The molecule has 0 radical (unpaired) electrons. The Morgan fingerprint density at radius 3 is 2.95 bits per heavy atom. The summed E-state index contributed by atoms with van der Waals surface area (Å²) < 4.78 is 19.2. The van der Waals surface area contributed by atoms with Gasteiger partial charge in [0.1, 0.15) is 24.3 Å². The molecule has 0 unspecified atom stereocenters. The van der Waals surface area contributed by atoms with Crippen LogP contribution in [-0.2, 0) is 19.7 Å². The summed E-state index contributed by atoms with van der Waals surface area (Å²) in [7, 11) is 0. The second-order valence-corrected chi connectivity index (χ2v) is 6.68. The molecule has 0 bridgehead atoms.